The molecule has 0 saturated heterocycles. The zero-order chi connectivity index (χ0) is 68.2. The van der Waals surface area contributed by atoms with E-state index in [1.165, 1.54) is 161 Å². The average molecular weight is 1350 g/mol. The second kappa shape index (κ2) is 62.6. The van der Waals surface area contributed by atoms with E-state index < -0.39 is 97.5 Å². The lowest BCUT2D eigenvalue weighted by Crippen LogP contribution is -2.30. The summed E-state index contributed by atoms with van der Waals surface area (Å²) in [4.78, 5) is 72.7. The van der Waals surface area contributed by atoms with Gasteiger partial charge in [-0.2, -0.15) is 0 Å². The van der Waals surface area contributed by atoms with E-state index in [0.717, 1.165) is 114 Å². The first kappa shape index (κ1) is 90.1. The quantitative estimate of drug-likeness (QED) is 0.0222. The van der Waals surface area contributed by atoms with Gasteiger partial charge in [-0.3, -0.25) is 37.3 Å². The van der Waals surface area contributed by atoms with Crippen molar-refractivity contribution in [2.75, 3.05) is 39.6 Å². The molecule has 546 valence electrons. The Morgan fingerprint density at radius 2 is 0.457 bits per heavy atom. The SMILES string of the molecule is CC(C)CCCCCCCCCCCCCCC(=O)OC[C@H](COP(=O)(O)OC[C@@H](O)COP(=O)(O)OC[C@@H](COC(=O)CCCCCCCCC(C)C)OC(=O)CCCCCCCCCCCCC(C)C)OC(=O)CCCCCCCCCCCCCCC(C)C. The van der Waals surface area contributed by atoms with E-state index in [0.29, 0.717) is 31.6 Å². The molecular formula is C73H142O17P2. The Bertz CT molecular complexity index is 1820. The molecule has 19 heteroatoms. The number of esters is 4. The molecule has 0 spiro atoms. The standard InChI is InChI=1S/C73H142O17P2/c1-63(2)49-41-33-25-19-13-9-11-15-22-28-37-45-53-70(75)83-59-68(89-72(77)55-47-39-29-23-16-12-10-14-20-26-34-42-50-64(3)4)61-87-91(79,80)85-57-67(74)58-86-92(81,82)88-62-69(60-84-71(76)54-46-38-32-31-36-44-52-66(7)8)90-73(78)56-48-40-30-24-18-17-21-27-35-43-51-65(5)6/h63-69,74H,9-62H2,1-8H3,(H,79,80)(H,81,82)/t67-,68-,69-/m1/s1. The fraction of sp³-hybridized carbons (Fsp3) is 0.945. The number of hydrogen-bond acceptors (Lipinski definition) is 15. The highest BCUT2D eigenvalue weighted by Gasteiger charge is 2.30. The van der Waals surface area contributed by atoms with Gasteiger partial charge in [0.15, 0.2) is 12.2 Å². The molecule has 0 aromatic heterocycles. The number of phosphoric ester groups is 2. The van der Waals surface area contributed by atoms with Gasteiger partial charge in [0.25, 0.3) is 0 Å². The third-order valence-corrected chi connectivity index (χ3v) is 18.7. The number of aliphatic hydroxyl groups excluding tert-OH is 1. The molecule has 0 saturated carbocycles. The Kier molecular flexibility index (Phi) is 61.3. The van der Waals surface area contributed by atoms with Gasteiger partial charge in [-0.1, -0.05) is 312 Å². The maximum absolute atomic E-state index is 13.1. The van der Waals surface area contributed by atoms with E-state index in [2.05, 4.69) is 55.4 Å². The van der Waals surface area contributed by atoms with Crippen molar-refractivity contribution in [2.45, 2.75) is 382 Å². The molecule has 0 aliphatic heterocycles. The molecule has 0 aliphatic rings. The summed E-state index contributed by atoms with van der Waals surface area (Å²) in [6, 6.07) is 0. The predicted octanol–water partition coefficient (Wildman–Crippen LogP) is 20.9. The topological polar surface area (TPSA) is 237 Å². The van der Waals surface area contributed by atoms with E-state index in [-0.39, 0.29) is 25.7 Å². The molecule has 17 nitrogen and oxygen atoms in total. The van der Waals surface area contributed by atoms with Gasteiger partial charge in [0.05, 0.1) is 26.4 Å². The van der Waals surface area contributed by atoms with Crippen molar-refractivity contribution < 1.29 is 80.2 Å². The average Bonchev–Trinajstić information content (AvgIpc) is 2.33. The van der Waals surface area contributed by atoms with Crippen LogP contribution in [0.25, 0.3) is 0 Å². The van der Waals surface area contributed by atoms with Crippen molar-refractivity contribution in [1.29, 1.82) is 0 Å². The van der Waals surface area contributed by atoms with Crippen molar-refractivity contribution in [2.24, 2.45) is 23.7 Å². The molecule has 0 heterocycles. The first-order valence-corrected chi connectivity index (χ1v) is 40.7. The van der Waals surface area contributed by atoms with E-state index in [1.807, 2.05) is 0 Å². The minimum atomic E-state index is -4.96. The highest BCUT2D eigenvalue weighted by atomic mass is 31.2. The van der Waals surface area contributed by atoms with Gasteiger partial charge in [0, 0.05) is 25.7 Å². The Balaban J connectivity index is 5.25. The number of carbonyl (C=O) groups is 4. The molecule has 92 heavy (non-hydrogen) atoms. The second-order valence-corrected chi connectivity index (χ2v) is 31.1. The van der Waals surface area contributed by atoms with Crippen molar-refractivity contribution in [1.82, 2.24) is 0 Å². The fourth-order valence-electron chi connectivity index (χ4n) is 11.0. The summed E-state index contributed by atoms with van der Waals surface area (Å²) in [5, 5.41) is 10.6. The smallest absolute Gasteiger partial charge is 0.462 e. The molecule has 0 bridgehead atoms. The Morgan fingerprint density at radius 3 is 0.674 bits per heavy atom. The lowest BCUT2D eigenvalue weighted by Gasteiger charge is -2.21. The van der Waals surface area contributed by atoms with Crippen LogP contribution in [-0.4, -0.2) is 96.7 Å². The van der Waals surface area contributed by atoms with Gasteiger partial charge in [0.1, 0.15) is 19.3 Å². The van der Waals surface area contributed by atoms with E-state index in [4.69, 9.17) is 37.0 Å². The number of unbranched alkanes of at least 4 members (excludes halogenated alkanes) is 36. The number of hydrogen-bond donors (Lipinski definition) is 3. The highest BCUT2D eigenvalue weighted by molar-refractivity contribution is 7.47. The maximum Gasteiger partial charge on any atom is 0.472 e. The first-order valence-electron chi connectivity index (χ1n) is 37.7. The van der Waals surface area contributed by atoms with Gasteiger partial charge >= 0.3 is 39.5 Å². The molecule has 3 N–H and O–H groups in total. The molecule has 0 aromatic carbocycles. The molecule has 0 aliphatic carbocycles. The maximum atomic E-state index is 13.1. The summed E-state index contributed by atoms with van der Waals surface area (Å²) in [5.74, 6) is 0.864. The van der Waals surface area contributed by atoms with Crippen LogP contribution in [0.15, 0.2) is 0 Å². The van der Waals surface area contributed by atoms with Crippen LogP contribution in [0.1, 0.15) is 364 Å². The van der Waals surface area contributed by atoms with Crippen LogP contribution in [-0.2, 0) is 65.4 Å². The predicted molar refractivity (Wildman–Crippen MR) is 372 cm³/mol. The Labute approximate surface area is 562 Å². The second-order valence-electron chi connectivity index (χ2n) is 28.2. The minimum absolute atomic E-state index is 0.104. The van der Waals surface area contributed by atoms with Gasteiger partial charge in [0.2, 0.25) is 0 Å². The van der Waals surface area contributed by atoms with Gasteiger partial charge < -0.3 is 33.8 Å². The van der Waals surface area contributed by atoms with Crippen molar-refractivity contribution in [3.05, 3.63) is 0 Å². The summed E-state index contributed by atoms with van der Waals surface area (Å²) in [7, 11) is -9.91. The largest absolute Gasteiger partial charge is 0.472 e. The molecule has 0 fully saturated rings. The van der Waals surface area contributed by atoms with Crippen LogP contribution in [0, 0.1) is 23.7 Å². The third-order valence-electron chi connectivity index (χ3n) is 16.8. The number of aliphatic hydroxyl groups is 1. The molecule has 0 amide bonds. The van der Waals surface area contributed by atoms with Crippen molar-refractivity contribution in [3.63, 3.8) is 0 Å². The van der Waals surface area contributed by atoms with Crippen LogP contribution in [0.5, 0.6) is 0 Å². The van der Waals surface area contributed by atoms with Crippen LogP contribution in [0.2, 0.25) is 0 Å². The molecule has 0 rings (SSSR count). The Morgan fingerprint density at radius 1 is 0.272 bits per heavy atom. The van der Waals surface area contributed by atoms with E-state index in [1.54, 1.807) is 0 Å². The summed E-state index contributed by atoms with van der Waals surface area (Å²) in [5.41, 5.74) is 0. The number of rotatable bonds is 70. The Hall–Kier alpha value is -1.94. The molecule has 0 radical (unpaired) electrons. The summed E-state index contributed by atoms with van der Waals surface area (Å²) >= 11 is 0. The zero-order valence-electron chi connectivity index (χ0n) is 60.2. The van der Waals surface area contributed by atoms with Crippen LogP contribution in [0.3, 0.4) is 0 Å². The fourth-order valence-corrected chi connectivity index (χ4v) is 12.6. The van der Waals surface area contributed by atoms with E-state index in [9.17, 15) is 43.2 Å². The number of phosphoric acid groups is 2. The lowest BCUT2D eigenvalue weighted by molar-refractivity contribution is -0.161. The lowest BCUT2D eigenvalue weighted by atomic mass is 10.0. The first-order chi connectivity index (χ1) is 44.1. The normalized spacial score (nSPS) is 14.2. The minimum Gasteiger partial charge on any atom is -0.462 e. The molecule has 2 unspecified atom stereocenters. The third kappa shape index (κ3) is 66.7. The van der Waals surface area contributed by atoms with Crippen LogP contribution in [0.4, 0.5) is 0 Å². The van der Waals surface area contributed by atoms with Gasteiger partial charge in [-0.05, 0) is 49.4 Å². The summed E-state index contributed by atoms with van der Waals surface area (Å²) in [6.45, 7) is 14.1. The molecular weight excluding hydrogens is 1210 g/mol. The highest BCUT2D eigenvalue weighted by Crippen LogP contribution is 2.45. The summed E-state index contributed by atoms with van der Waals surface area (Å²) in [6.07, 6.45) is 45.9. The number of ether oxygens (including phenoxy) is 4. The van der Waals surface area contributed by atoms with Crippen LogP contribution < -0.4 is 0 Å². The van der Waals surface area contributed by atoms with Crippen molar-refractivity contribution >= 4 is 39.5 Å². The van der Waals surface area contributed by atoms with Crippen LogP contribution >= 0.6 is 15.6 Å². The number of carbonyl (C=O) groups excluding carboxylic acids is 4. The monoisotopic (exact) mass is 1350 g/mol. The zero-order valence-corrected chi connectivity index (χ0v) is 62.0. The molecule has 0 aromatic rings. The summed E-state index contributed by atoms with van der Waals surface area (Å²) < 4.78 is 68.4. The van der Waals surface area contributed by atoms with Crippen molar-refractivity contribution in [3.8, 4) is 0 Å². The van der Waals surface area contributed by atoms with Gasteiger partial charge in [-0.15, -0.1) is 0 Å². The van der Waals surface area contributed by atoms with E-state index >= 15 is 0 Å². The molecule has 5 atom stereocenters. The van der Waals surface area contributed by atoms with Gasteiger partial charge in [-0.25, -0.2) is 9.13 Å².